The van der Waals surface area contributed by atoms with Gasteiger partial charge in [-0.15, -0.1) is 0 Å². The van der Waals surface area contributed by atoms with Crippen LogP contribution in [-0.2, 0) is 14.5 Å². The SMILES string of the molecule is C[C@@H]1COCCN1c1cc(N=S2(=O)CCCC2)c2ccnc(-c3ccn[nH]3)c2n1. The van der Waals surface area contributed by atoms with E-state index in [1.54, 1.807) is 12.4 Å². The number of nitrogens with one attached hydrogen (secondary N) is 1. The number of H-pyrrole nitrogens is 1. The molecule has 3 aromatic heterocycles. The molecule has 1 N–H and O–H groups in total. The number of pyridine rings is 2. The summed E-state index contributed by atoms with van der Waals surface area (Å²) < 4.78 is 23.6. The Balaban J connectivity index is 1.76. The Labute approximate surface area is 169 Å². The number of aromatic amines is 1. The van der Waals surface area contributed by atoms with E-state index in [9.17, 15) is 4.21 Å². The number of fused-ring (bicyclic) bond motifs is 1. The normalized spacial score (nSPS) is 21.6. The van der Waals surface area contributed by atoms with Gasteiger partial charge in [0.25, 0.3) is 0 Å². The molecule has 1 atom stereocenters. The average Bonchev–Trinajstić information content (AvgIpc) is 3.40. The van der Waals surface area contributed by atoms with Crippen molar-refractivity contribution in [3.8, 4) is 11.4 Å². The Hall–Kier alpha value is -2.52. The number of aromatic nitrogens is 4. The van der Waals surface area contributed by atoms with Crippen LogP contribution in [0.1, 0.15) is 19.8 Å². The van der Waals surface area contributed by atoms with Crippen molar-refractivity contribution < 1.29 is 8.95 Å². The zero-order chi connectivity index (χ0) is 19.8. The lowest BCUT2D eigenvalue weighted by atomic mass is 10.1. The second-order valence-electron chi connectivity index (χ2n) is 7.62. The predicted octanol–water partition coefficient (Wildman–Crippen LogP) is 3.14. The third kappa shape index (κ3) is 3.49. The van der Waals surface area contributed by atoms with Crippen LogP contribution < -0.4 is 4.90 Å². The fraction of sp³-hybridized carbons (Fsp3) is 0.450. The highest BCUT2D eigenvalue weighted by molar-refractivity contribution is 7.93. The van der Waals surface area contributed by atoms with Crippen LogP contribution >= 0.6 is 0 Å². The number of hydrogen-bond donors (Lipinski definition) is 1. The first-order valence-corrected chi connectivity index (χ1v) is 11.8. The Morgan fingerprint density at radius 3 is 2.90 bits per heavy atom. The molecule has 0 amide bonds. The number of morpholine rings is 1. The molecule has 2 saturated heterocycles. The average molecular weight is 413 g/mol. The van der Waals surface area contributed by atoms with Gasteiger partial charge in [-0.2, -0.15) is 9.46 Å². The van der Waals surface area contributed by atoms with Gasteiger partial charge in [-0.1, -0.05) is 0 Å². The van der Waals surface area contributed by atoms with E-state index in [2.05, 4.69) is 27.0 Å². The lowest BCUT2D eigenvalue weighted by Gasteiger charge is -2.34. The van der Waals surface area contributed by atoms with Crippen molar-refractivity contribution >= 4 is 32.1 Å². The molecule has 0 spiro atoms. The van der Waals surface area contributed by atoms with E-state index in [1.807, 2.05) is 18.2 Å². The van der Waals surface area contributed by atoms with Gasteiger partial charge in [0.15, 0.2) is 0 Å². The van der Waals surface area contributed by atoms with E-state index < -0.39 is 9.73 Å². The Kier molecular flexibility index (Phi) is 4.71. The first-order chi connectivity index (χ1) is 14.1. The number of hydrogen-bond acceptors (Lipinski definition) is 7. The van der Waals surface area contributed by atoms with E-state index in [-0.39, 0.29) is 6.04 Å². The molecular weight excluding hydrogens is 388 g/mol. The van der Waals surface area contributed by atoms with Crippen LogP contribution in [0, 0.1) is 0 Å². The van der Waals surface area contributed by atoms with Crippen molar-refractivity contribution in [1.82, 2.24) is 20.2 Å². The zero-order valence-corrected chi connectivity index (χ0v) is 17.2. The lowest BCUT2D eigenvalue weighted by Crippen LogP contribution is -2.44. The Morgan fingerprint density at radius 2 is 2.14 bits per heavy atom. The van der Waals surface area contributed by atoms with Crippen LogP contribution in [0.25, 0.3) is 22.3 Å². The molecule has 0 aliphatic carbocycles. The largest absolute Gasteiger partial charge is 0.377 e. The topological polar surface area (TPSA) is 96.4 Å². The molecule has 2 aliphatic heterocycles. The molecule has 9 heteroatoms. The highest BCUT2D eigenvalue weighted by Gasteiger charge is 2.24. The molecule has 0 aromatic carbocycles. The van der Waals surface area contributed by atoms with Crippen LogP contribution in [0.5, 0.6) is 0 Å². The summed E-state index contributed by atoms with van der Waals surface area (Å²) >= 11 is 0. The number of nitrogens with zero attached hydrogens (tertiary/aromatic N) is 5. The van der Waals surface area contributed by atoms with Crippen molar-refractivity contribution in [3.05, 3.63) is 30.6 Å². The second-order valence-corrected chi connectivity index (χ2v) is 10.2. The standard InChI is InChI=1S/C20H24N6O2S/c1-14-13-28-9-8-26(14)18-12-17(25-29(27)10-2-3-11-29)15-4-6-21-20(19(15)23-18)16-5-7-22-24-16/h4-7,12,14H,2-3,8-11,13H2,1H3,(H,22,24)/t14-/m1/s1. The quantitative estimate of drug-likeness (QED) is 0.710. The summed E-state index contributed by atoms with van der Waals surface area (Å²) in [5, 5.41) is 7.90. The fourth-order valence-electron chi connectivity index (χ4n) is 4.02. The van der Waals surface area contributed by atoms with E-state index in [4.69, 9.17) is 14.1 Å². The van der Waals surface area contributed by atoms with Crippen molar-refractivity contribution in [2.75, 3.05) is 36.2 Å². The summed E-state index contributed by atoms with van der Waals surface area (Å²) in [5.74, 6) is 2.15. The first kappa shape index (κ1) is 18.5. The first-order valence-electron chi connectivity index (χ1n) is 9.99. The highest BCUT2D eigenvalue weighted by Crippen LogP contribution is 2.36. The summed E-state index contributed by atoms with van der Waals surface area (Å²) in [7, 11) is -2.21. The molecule has 0 bridgehead atoms. The third-order valence-corrected chi connectivity index (χ3v) is 7.93. The Morgan fingerprint density at radius 1 is 1.28 bits per heavy atom. The molecule has 2 fully saturated rings. The van der Waals surface area contributed by atoms with E-state index in [0.29, 0.717) is 24.7 Å². The zero-order valence-electron chi connectivity index (χ0n) is 16.4. The third-order valence-electron chi connectivity index (χ3n) is 5.55. The van der Waals surface area contributed by atoms with E-state index in [1.165, 1.54) is 0 Å². The molecule has 0 unspecified atom stereocenters. The minimum absolute atomic E-state index is 0.203. The van der Waals surface area contributed by atoms with Gasteiger partial charge in [-0.25, -0.2) is 9.19 Å². The molecule has 0 saturated carbocycles. The van der Waals surface area contributed by atoms with Gasteiger partial charge in [0.05, 0.1) is 40.4 Å². The number of rotatable bonds is 3. The van der Waals surface area contributed by atoms with Gasteiger partial charge in [0, 0.05) is 41.9 Å². The van der Waals surface area contributed by atoms with Gasteiger partial charge in [-0.3, -0.25) is 10.1 Å². The molecule has 29 heavy (non-hydrogen) atoms. The van der Waals surface area contributed by atoms with Crippen LogP contribution in [0.3, 0.4) is 0 Å². The van der Waals surface area contributed by atoms with Crippen LogP contribution in [0.2, 0.25) is 0 Å². The predicted molar refractivity (Wildman–Crippen MR) is 114 cm³/mol. The molecular formula is C20H24N6O2S. The minimum atomic E-state index is -2.21. The van der Waals surface area contributed by atoms with Crippen molar-refractivity contribution in [2.45, 2.75) is 25.8 Å². The molecule has 5 rings (SSSR count). The summed E-state index contributed by atoms with van der Waals surface area (Å²) in [6.45, 7) is 4.20. The smallest absolute Gasteiger partial charge is 0.131 e. The van der Waals surface area contributed by atoms with Crippen LogP contribution in [-0.4, -0.2) is 61.7 Å². The summed E-state index contributed by atoms with van der Waals surface area (Å²) in [6.07, 6.45) is 5.39. The van der Waals surface area contributed by atoms with E-state index >= 15 is 0 Å². The van der Waals surface area contributed by atoms with Gasteiger partial charge < -0.3 is 9.64 Å². The second kappa shape index (κ2) is 7.38. The summed E-state index contributed by atoms with van der Waals surface area (Å²) in [4.78, 5) is 11.8. The lowest BCUT2D eigenvalue weighted by molar-refractivity contribution is 0.0986. The molecule has 0 radical (unpaired) electrons. The summed E-state index contributed by atoms with van der Waals surface area (Å²) in [5.41, 5.74) is 3.00. The van der Waals surface area contributed by atoms with Gasteiger partial charge in [-0.05, 0) is 31.9 Å². The van der Waals surface area contributed by atoms with Crippen molar-refractivity contribution in [1.29, 1.82) is 0 Å². The molecule has 152 valence electrons. The maximum atomic E-state index is 13.2. The maximum Gasteiger partial charge on any atom is 0.131 e. The van der Waals surface area contributed by atoms with Crippen molar-refractivity contribution in [3.63, 3.8) is 0 Å². The number of anilines is 1. The monoisotopic (exact) mass is 412 g/mol. The molecule has 3 aromatic rings. The van der Waals surface area contributed by atoms with Gasteiger partial charge in [0.1, 0.15) is 17.0 Å². The molecule has 5 heterocycles. The van der Waals surface area contributed by atoms with E-state index in [0.717, 1.165) is 53.2 Å². The highest BCUT2D eigenvalue weighted by atomic mass is 32.2. The maximum absolute atomic E-state index is 13.2. The molecule has 2 aliphatic rings. The Bertz CT molecular complexity index is 1140. The summed E-state index contributed by atoms with van der Waals surface area (Å²) in [6, 6.07) is 5.97. The van der Waals surface area contributed by atoms with Gasteiger partial charge in [0.2, 0.25) is 0 Å². The number of ether oxygens (including phenoxy) is 1. The van der Waals surface area contributed by atoms with Crippen molar-refractivity contribution in [2.24, 2.45) is 4.36 Å². The molecule has 8 nitrogen and oxygen atoms in total. The fourth-order valence-corrected chi connectivity index (χ4v) is 6.23. The minimum Gasteiger partial charge on any atom is -0.377 e. The van der Waals surface area contributed by atoms with Crippen LogP contribution in [0.4, 0.5) is 11.5 Å². The van der Waals surface area contributed by atoms with Crippen LogP contribution in [0.15, 0.2) is 35.0 Å². The van der Waals surface area contributed by atoms with Gasteiger partial charge >= 0.3 is 0 Å².